The minimum absolute atomic E-state index is 0.000489. The Balaban J connectivity index is 1.90. The molecule has 0 aliphatic carbocycles. The van der Waals surface area contributed by atoms with Crippen LogP contribution < -0.4 is 5.32 Å². The monoisotopic (exact) mass is 261 g/mol. The second kappa shape index (κ2) is 6.48. The number of rotatable bonds is 4. The predicted molar refractivity (Wildman–Crippen MR) is 73.2 cm³/mol. The van der Waals surface area contributed by atoms with Crippen LogP contribution in [-0.4, -0.2) is 24.9 Å². The maximum Gasteiger partial charge on any atom is 0.224 e. The van der Waals surface area contributed by atoms with Gasteiger partial charge in [0.1, 0.15) is 0 Å². The Hall–Kier alpha value is -1.68. The van der Waals surface area contributed by atoms with E-state index in [0.29, 0.717) is 23.6 Å². The molecule has 0 radical (unpaired) electrons. The van der Waals surface area contributed by atoms with Crippen molar-refractivity contribution in [3.05, 3.63) is 29.8 Å². The number of Topliss-reactive ketones (excluding diaryl/α,β-unsaturated/α-hetero) is 1. The van der Waals surface area contributed by atoms with E-state index < -0.39 is 0 Å². The zero-order chi connectivity index (χ0) is 13.7. The van der Waals surface area contributed by atoms with E-state index >= 15 is 0 Å². The average Bonchev–Trinajstić information content (AvgIpc) is 2.40. The van der Waals surface area contributed by atoms with Gasteiger partial charge in [-0.1, -0.05) is 12.1 Å². The molecule has 0 saturated carbocycles. The van der Waals surface area contributed by atoms with Crippen molar-refractivity contribution < 1.29 is 14.3 Å². The van der Waals surface area contributed by atoms with Crippen molar-refractivity contribution in [2.24, 2.45) is 5.92 Å². The molecule has 0 bridgehead atoms. The van der Waals surface area contributed by atoms with Crippen LogP contribution in [0, 0.1) is 5.92 Å². The number of amides is 1. The minimum atomic E-state index is 0.000489. The van der Waals surface area contributed by atoms with E-state index in [1.807, 2.05) is 0 Å². The van der Waals surface area contributed by atoms with Crippen molar-refractivity contribution in [2.45, 2.75) is 26.2 Å². The van der Waals surface area contributed by atoms with E-state index in [9.17, 15) is 9.59 Å². The molecule has 0 spiro atoms. The number of anilines is 1. The lowest BCUT2D eigenvalue weighted by Crippen LogP contribution is -2.22. The highest BCUT2D eigenvalue weighted by Gasteiger charge is 2.17. The van der Waals surface area contributed by atoms with Crippen molar-refractivity contribution in [3.63, 3.8) is 0 Å². The first kappa shape index (κ1) is 13.7. The third kappa shape index (κ3) is 4.17. The van der Waals surface area contributed by atoms with Crippen LogP contribution >= 0.6 is 0 Å². The molecule has 1 aromatic carbocycles. The van der Waals surface area contributed by atoms with Crippen LogP contribution in [0.5, 0.6) is 0 Å². The van der Waals surface area contributed by atoms with Gasteiger partial charge in [-0.25, -0.2) is 0 Å². The van der Waals surface area contributed by atoms with Crippen molar-refractivity contribution in [2.75, 3.05) is 18.5 Å². The SMILES string of the molecule is CC(=O)c1cccc(NC(=O)CC2CCOCC2)c1. The fourth-order valence-corrected chi connectivity index (χ4v) is 2.24. The molecule has 0 aromatic heterocycles. The van der Waals surface area contributed by atoms with E-state index in [-0.39, 0.29) is 11.7 Å². The van der Waals surface area contributed by atoms with E-state index in [0.717, 1.165) is 26.1 Å². The van der Waals surface area contributed by atoms with Gasteiger partial charge in [-0.2, -0.15) is 0 Å². The minimum Gasteiger partial charge on any atom is -0.381 e. The molecule has 0 unspecified atom stereocenters. The van der Waals surface area contributed by atoms with Crippen LogP contribution in [0.25, 0.3) is 0 Å². The van der Waals surface area contributed by atoms with Gasteiger partial charge in [0.05, 0.1) is 0 Å². The quantitative estimate of drug-likeness (QED) is 0.848. The number of benzene rings is 1. The van der Waals surface area contributed by atoms with E-state index in [4.69, 9.17) is 4.74 Å². The lowest BCUT2D eigenvalue weighted by Gasteiger charge is -2.21. The summed E-state index contributed by atoms with van der Waals surface area (Å²) in [4.78, 5) is 23.2. The Morgan fingerprint density at radius 3 is 2.74 bits per heavy atom. The number of ketones is 1. The van der Waals surface area contributed by atoms with Crippen LogP contribution in [0.4, 0.5) is 5.69 Å². The van der Waals surface area contributed by atoms with Crippen molar-refractivity contribution >= 4 is 17.4 Å². The van der Waals surface area contributed by atoms with E-state index in [1.165, 1.54) is 6.92 Å². The molecular formula is C15H19NO3. The number of carbonyl (C=O) groups excluding carboxylic acids is 2. The highest BCUT2D eigenvalue weighted by Crippen LogP contribution is 2.19. The number of hydrogen-bond acceptors (Lipinski definition) is 3. The first-order valence-corrected chi connectivity index (χ1v) is 6.64. The van der Waals surface area contributed by atoms with Crippen LogP contribution in [0.1, 0.15) is 36.5 Å². The van der Waals surface area contributed by atoms with Gasteiger partial charge in [-0.3, -0.25) is 9.59 Å². The Morgan fingerprint density at radius 2 is 2.05 bits per heavy atom. The van der Waals surface area contributed by atoms with Gasteiger partial charge in [0.25, 0.3) is 0 Å². The molecule has 1 saturated heterocycles. The van der Waals surface area contributed by atoms with Gasteiger partial charge in [-0.05, 0) is 37.8 Å². The molecular weight excluding hydrogens is 242 g/mol. The summed E-state index contributed by atoms with van der Waals surface area (Å²) in [6.45, 7) is 3.01. The molecule has 4 nitrogen and oxygen atoms in total. The summed E-state index contributed by atoms with van der Waals surface area (Å²) in [5.41, 5.74) is 1.30. The van der Waals surface area contributed by atoms with Gasteiger partial charge >= 0.3 is 0 Å². The third-order valence-corrected chi connectivity index (χ3v) is 3.37. The molecule has 1 aliphatic rings. The summed E-state index contributed by atoms with van der Waals surface area (Å²) >= 11 is 0. The Kier molecular flexibility index (Phi) is 4.68. The van der Waals surface area contributed by atoms with Gasteiger partial charge in [0.15, 0.2) is 5.78 Å². The second-order valence-electron chi connectivity index (χ2n) is 4.95. The first-order chi connectivity index (χ1) is 9.15. The summed E-state index contributed by atoms with van der Waals surface area (Å²) in [5, 5.41) is 2.85. The largest absolute Gasteiger partial charge is 0.381 e. The van der Waals surface area contributed by atoms with Gasteiger partial charge in [0, 0.05) is 30.9 Å². The maximum absolute atomic E-state index is 11.9. The molecule has 19 heavy (non-hydrogen) atoms. The summed E-state index contributed by atoms with van der Waals surface area (Å²) < 4.78 is 5.27. The molecule has 1 heterocycles. The second-order valence-corrected chi connectivity index (χ2v) is 4.95. The van der Waals surface area contributed by atoms with Crippen LogP contribution in [0.15, 0.2) is 24.3 Å². The number of hydrogen-bond donors (Lipinski definition) is 1. The highest BCUT2D eigenvalue weighted by molar-refractivity contribution is 5.97. The molecule has 1 aromatic rings. The zero-order valence-electron chi connectivity index (χ0n) is 11.1. The number of carbonyl (C=O) groups is 2. The van der Waals surface area contributed by atoms with Crippen molar-refractivity contribution in [1.29, 1.82) is 0 Å². The normalized spacial score (nSPS) is 16.1. The standard InChI is InChI=1S/C15H19NO3/c1-11(17)13-3-2-4-14(10-13)16-15(18)9-12-5-7-19-8-6-12/h2-4,10,12H,5-9H2,1H3,(H,16,18). The predicted octanol–water partition coefficient (Wildman–Crippen LogP) is 2.64. The maximum atomic E-state index is 11.9. The lowest BCUT2D eigenvalue weighted by atomic mass is 9.96. The molecule has 1 fully saturated rings. The number of nitrogens with one attached hydrogen (secondary N) is 1. The molecule has 4 heteroatoms. The zero-order valence-corrected chi connectivity index (χ0v) is 11.1. The number of ether oxygens (including phenoxy) is 1. The van der Waals surface area contributed by atoms with Gasteiger partial charge < -0.3 is 10.1 Å². The highest BCUT2D eigenvalue weighted by atomic mass is 16.5. The Morgan fingerprint density at radius 1 is 1.32 bits per heavy atom. The average molecular weight is 261 g/mol. The Labute approximate surface area is 113 Å². The molecule has 1 amide bonds. The fraction of sp³-hybridized carbons (Fsp3) is 0.467. The van der Waals surface area contributed by atoms with Crippen LogP contribution in [0.2, 0.25) is 0 Å². The smallest absolute Gasteiger partial charge is 0.224 e. The van der Waals surface area contributed by atoms with Crippen LogP contribution in [0.3, 0.4) is 0 Å². The van der Waals surface area contributed by atoms with E-state index in [1.54, 1.807) is 24.3 Å². The fourth-order valence-electron chi connectivity index (χ4n) is 2.24. The molecule has 102 valence electrons. The summed E-state index contributed by atoms with van der Waals surface area (Å²) in [6.07, 6.45) is 2.41. The van der Waals surface area contributed by atoms with Gasteiger partial charge in [0.2, 0.25) is 5.91 Å². The molecule has 0 atom stereocenters. The summed E-state index contributed by atoms with van der Waals surface area (Å²) in [7, 11) is 0. The van der Waals surface area contributed by atoms with Crippen molar-refractivity contribution in [3.8, 4) is 0 Å². The lowest BCUT2D eigenvalue weighted by molar-refractivity contribution is -0.117. The topological polar surface area (TPSA) is 55.4 Å². The molecule has 1 N–H and O–H groups in total. The van der Waals surface area contributed by atoms with Gasteiger partial charge in [-0.15, -0.1) is 0 Å². The summed E-state index contributed by atoms with van der Waals surface area (Å²) in [6, 6.07) is 7.04. The van der Waals surface area contributed by atoms with Crippen LogP contribution in [-0.2, 0) is 9.53 Å². The van der Waals surface area contributed by atoms with E-state index in [2.05, 4.69) is 5.32 Å². The summed E-state index contributed by atoms with van der Waals surface area (Å²) in [5.74, 6) is 0.415. The first-order valence-electron chi connectivity index (χ1n) is 6.64. The molecule has 1 aliphatic heterocycles. The Bertz CT molecular complexity index is 464. The third-order valence-electron chi connectivity index (χ3n) is 3.37. The molecule has 2 rings (SSSR count). The van der Waals surface area contributed by atoms with Crippen molar-refractivity contribution in [1.82, 2.24) is 0 Å².